The van der Waals surface area contributed by atoms with Crippen LogP contribution in [0.2, 0.25) is 5.02 Å². The zero-order valence-corrected chi connectivity index (χ0v) is 17.3. The number of methoxy groups -OCH3 is 1. The number of esters is 1. The van der Waals surface area contributed by atoms with Gasteiger partial charge in [-0.15, -0.1) is 0 Å². The van der Waals surface area contributed by atoms with Gasteiger partial charge in [0.05, 0.1) is 12.8 Å². The lowest BCUT2D eigenvalue weighted by atomic mass is 9.99. The first-order valence-corrected chi connectivity index (χ1v) is 8.98. The molecule has 0 aromatic heterocycles. The number of hydrogen-bond donors (Lipinski definition) is 0. The van der Waals surface area contributed by atoms with E-state index in [2.05, 4.69) is 10.3 Å². The van der Waals surface area contributed by atoms with E-state index in [0.29, 0.717) is 16.3 Å². The highest BCUT2D eigenvalue weighted by Gasteiger charge is 2.20. The molecule has 148 valence electrons. The molecule has 6 nitrogen and oxygen atoms in total. The molecule has 0 saturated carbocycles. The van der Waals surface area contributed by atoms with E-state index < -0.39 is 5.97 Å². The van der Waals surface area contributed by atoms with E-state index in [0.717, 1.165) is 22.3 Å². The summed E-state index contributed by atoms with van der Waals surface area (Å²) in [5.41, 5.74) is 4.82. The van der Waals surface area contributed by atoms with Gasteiger partial charge in [-0.1, -0.05) is 52.2 Å². The highest BCUT2D eigenvalue weighted by atomic mass is 35.5. The molecule has 0 bridgehead atoms. The maximum atomic E-state index is 12.1. The Kier molecular flexibility index (Phi) is 7.58. The molecule has 0 aliphatic heterocycles. The normalized spacial score (nSPS) is 11.9. The Morgan fingerprint density at radius 3 is 2.36 bits per heavy atom. The van der Waals surface area contributed by atoms with Crippen LogP contribution in [-0.2, 0) is 25.8 Å². The van der Waals surface area contributed by atoms with Crippen LogP contribution < -0.4 is 0 Å². The Labute approximate surface area is 169 Å². The van der Waals surface area contributed by atoms with Crippen LogP contribution in [0, 0.1) is 13.8 Å². The second kappa shape index (κ2) is 9.90. The maximum absolute atomic E-state index is 12.1. The van der Waals surface area contributed by atoms with Crippen molar-refractivity contribution < 1.29 is 19.2 Å². The SMILES string of the molecule is CO/N=C(/C(=O)OC)c1cccc(C)c1CO/N=C(\C)c1c(C)cccc1Cl. The molecule has 0 heterocycles. The molecule has 2 aromatic rings. The Balaban J connectivity index is 2.32. The van der Waals surface area contributed by atoms with Crippen molar-refractivity contribution in [1.82, 2.24) is 0 Å². The quantitative estimate of drug-likeness (QED) is 0.390. The second-order valence-corrected chi connectivity index (χ2v) is 6.50. The average Bonchev–Trinajstić information content (AvgIpc) is 2.66. The summed E-state index contributed by atoms with van der Waals surface area (Å²) in [6.45, 7) is 5.85. The number of ether oxygens (including phenoxy) is 1. The lowest BCUT2D eigenvalue weighted by molar-refractivity contribution is -0.132. The number of carbonyl (C=O) groups excluding carboxylic acids is 1. The Bertz CT molecular complexity index is 902. The van der Waals surface area contributed by atoms with Crippen LogP contribution in [0.3, 0.4) is 0 Å². The third kappa shape index (κ3) is 4.89. The van der Waals surface area contributed by atoms with Gasteiger partial charge in [-0.25, -0.2) is 4.79 Å². The summed E-state index contributed by atoms with van der Waals surface area (Å²) in [6, 6.07) is 11.2. The number of nitrogens with zero attached hydrogens (tertiary/aromatic N) is 2. The first-order valence-electron chi connectivity index (χ1n) is 8.61. The molecule has 0 N–H and O–H groups in total. The molecule has 0 radical (unpaired) electrons. The van der Waals surface area contributed by atoms with Gasteiger partial charge in [0.25, 0.3) is 0 Å². The molecule has 0 fully saturated rings. The van der Waals surface area contributed by atoms with Gasteiger partial charge in [0.15, 0.2) is 5.71 Å². The summed E-state index contributed by atoms with van der Waals surface area (Å²) in [5, 5.41) is 8.64. The maximum Gasteiger partial charge on any atom is 0.360 e. The fraction of sp³-hybridized carbons (Fsp3) is 0.286. The van der Waals surface area contributed by atoms with Gasteiger partial charge >= 0.3 is 5.97 Å². The zero-order valence-electron chi connectivity index (χ0n) is 16.6. The van der Waals surface area contributed by atoms with E-state index >= 15 is 0 Å². The third-order valence-corrected chi connectivity index (χ3v) is 4.54. The molecule has 28 heavy (non-hydrogen) atoms. The van der Waals surface area contributed by atoms with Crippen LogP contribution in [0.4, 0.5) is 0 Å². The second-order valence-electron chi connectivity index (χ2n) is 6.10. The van der Waals surface area contributed by atoms with E-state index in [9.17, 15) is 4.79 Å². The molecular weight excluding hydrogens is 380 g/mol. The van der Waals surface area contributed by atoms with Gasteiger partial charge in [0, 0.05) is 21.7 Å². The smallest absolute Gasteiger partial charge is 0.360 e. The number of rotatable bonds is 7. The first-order chi connectivity index (χ1) is 13.4. The van der Waals surface area contributed by atoms with Crippen molar-refractivity contribution in [2.45, 2.75) is 27.4 Å². The summed E-state index contributed by atoms with van der Waals surface area (Å²) in [7, 11) is 2.66. The topological polar surface area (TPSA) is 69.5 Å². The van der Waals surface area contributed by atoms with Crippen molar-refractivity contribution in [2.75, 3.05) is 14.2 Å². The largest absolute Gasteiger partial charge is 0.464 e. The molecule has 2 aromatic carbocycles. The number of oxime groups is 2. The molecule has 0 amide bonds. The van der Waals surface area contributed by atoms with Crippen molar-refractivity contribution in [3.8, 4) is 0 Å². The van der Waals surface area contributed by atoms with Crippen LogP contribution >= 0.6 is 11.6 Å². The lowest BCUT2D eigenvalue weighted by Crippen LogP contribution is -2.20. The predicted octanol–water partition coefficient (Wildman–Crippen LogP) is 4.42. The third-order valence-electron chi connectivity index (χ3n) is 4.22. The van der Waals surface area contributed by atoms with Gasteiger partial charge < -0.3 is 14.4 Å². The van der Waals surface area contributed by atoms with Crippen LogP contribution in [-0.4, -0.2) is 31.6 Å². The monoisotopic (exact) mass is 402 g/mol. The fourth-order valence-corrected chi connectivity index (χ4v) is 3.19. The molecule has 0 atom stereocenters. The Hall–Kier alpha value is -2.86. The van der Waals surface area contributed by atoms with Gasteiger partial charge in [0.2, 0.25) is 0 Å². The van der Waals surface area contributed by atoms with Gasteiger partial charge in [0.1, 0.15) is 13.7 Å². The molecule has 7 heteroatoms. The van der Waals surface area contributed by atoms with E-state index in [1.807, 2.05) is 51.1 Å². The van der Waals surface area contributed by atoms with E-state index in [-0.39, 0.29) is 12.3 Å². The van der Waals surface area contributed by atoms with Gasteiger partial charge in [-0.3, -0.25) is 0 Å². The zero-order chi connectivity index (χ0) is 20.7. The summed E-state index contributed by atoms with van der Waals surface area (Å²) in [4.78, 5) is 22.5. The minimum atomic E-state index is -0.597. The standard InChI is InChI=1S/C21H23ClN2O4/c1-13-8-6-10-16(20(24-27-5)21(25)26-4)17(13)12-28-23-15(3)19-14(2)9-7-11-18(19)22/h6-11H,12H2,1-5H3/b23-15+,24-20+. The van der Waals surface area contributed by atoms with E-state index in [1.54, 1.807) is 6.07 Å². The fourth-order valence-electron chi connectivity index (χ4n) is 2.83. The number of halogens is 1. The Morgan fingerprint density at radius 1 is 1.04 bits per heavy atom. The van der Waals surface area contributed by atoms with Crippen molar-refractivity contribution in [3.63, 3.8) is 0 Å². The predicted molar refractivity (Wildman–Crippen MR) is 110 cm³/mol. The molecule has 0 aliphatic rings. The van der Waals surface area contributed by atoms with Crippen LogP contribution in [0.15, 0.2) is 46.7 Å². The highest BCUT2D eigenvalue weighted by Crippen LogP contribution is 2.21. The molecular formula is C21H23ClN2O4. The summed E-state index contributed by atoms with van der Waals surface area (Å²) < 4.78 is 4.81. The van der Waals surface area contributed by atoms with E-state index in [4.69, 9.17) is 26.0 Å². The van der Waals surface area contributed by atoms with Crippen LogP contribution in [0.25, 0.3) is 0 Å². The number of hydrogen-bond acceptors (Lipinski definition) is 6. The van der Waals surface area contributed by atoms with Gasteiger partial charge in [-0.05, 0) is 38.0 Å². The number of benzene rings is 2. The van der Waals surface area contributed by atoms with Crippen molar-refractivity contribution >= 4 is 29.0 Å². The van der Waals surface area contributed by atoms with Crippen molar-refractivity contribution in [1.29, 1.82) is 0 Å². The first kappa shape index (κ1) is 21.4. The minimum absolute atomic E-state index is 0.0648. The summed E-state index contributed by atoms with van der Waals surface area (Å²) in [6.07, 6.45) is 0. The average molecular weight is 403 g/mol. The summed E-state index contributed by atoms with van der Waals surface area (Å²) >= 11 is 6.28. The summed E-state index contributed by atoms with van der Waals surface area (Å²) in [5.74, 6) is -0.597. The number of carbonyl (C=O) groups is 1. The molecule has 2 rings (SSSR count). The highest BCUT2D eigenvalue weighted by molar-refractivity contribution is 6.43. The van der Waals surface area contributed by atoms with Crippen molar-refractivity contribution in [2.24, 2.45) is 10.3 Å². The van der Waals surface area contributed by atoms with E-state index in [1.165, 1.54) is 14.2 Å². The molecule has 0 aliphatic carbocycles. The number of aryl methyl sites for hydroxylation is 2. The van der Waals surface area contributed by atoms with Gasteiger partial charge in [-0.2, -0.15) is 0 Å². The lowest BCUT2D eigenvalue weighted by Gasteiger charge is -2.13. The molecule has 0 spiro atoms. The van der Waals surface area contributed by atoms with Crippen LogP contribution in [0.5, 0.6) is 0 Å². The Morgan fingerprint density at radius 2 is 1.71 bits per heavy atom. The molecule has 0 saturated heterocycles. The minimum Gasteiger partial charge on any atom is -0.464 e. The van der Waals surface area contributed by atoms with Crippen LogP contribution in [0.1, 0.15) is 34.7 Å². The van der Waals surface area contributed by atoms with Crippen molar-refractivity contribution in [3.05, 3.63) is 69.2 Å². The molecule has 0 unspecified atom stereocenters.